The van der Waals surface area contributed by atoms with Crippen LogP contribution in [0.25, 0.3) is 10.9 Å². The molecular formula is C22H21ClN2O2. The van der Waals surface area contributed by atoms with Gasteiger partial charge in [-0.3, -0.25) is 9.78 Å². The number of ketones is 1. The van der Waals surface area contributed by atoms with Gasteiger partial charge in [-0.15, -0.1) is 0 Å². The molecule has 0 atom stereocenters. The number of piperidine rings is 1. The van der Waals surface area contributed by atoms with Gasteiger partial charge in [-0.2, -0.15) is 0 Å². The molecule has 27 heavy (non-hydrogen) atoms. The lowest BCUT2D eigenvalue weighted by Gasteiger charge is -2.35. The zero-order valence-electron chi connectivity index (χ0n) is 15.2. The Morgan fingerprint density at radius 1 is 1.15 bits per heavy atom. The molecule has 3 aromatic rings. The van der Waals surface area contributed by atoms with E-state index in [1.807, 2.05) is 42.5 Å². The molecule has 1 aliphatic rings. The van der Waals surface area contributed by atoms with E-state index in [0.717, 1.165) is 48.3 Å². The highest BCUT2D eigenvalue weighted by Crippen LogP contribution is 2.36. The van der Waals surface area contributed by atoms with E-state index in [2.05, 4.69) is 9.88 Å². The summed E-state index contributed by atoms with van der Waals surface area (Å²) in [5.41, 5.74) is 2.31. The number of aromatic nitrogens is 1. The topological polar surface area (TPSA) is 42.4 Å². The van der Waals surface area contributed by atoms with Gasteiger partial charge in [0.25, 0.3) is 0 Å². The average molecular weight is 381 g/mol. The van der Waals surface area contributed by atoms with Gasteiger partial charge in [0.1, 0.15) is 11.9 Å². The van der Waals surface area contributed by atoms with Gasteiger partial charge in [-0.1, -0.05) is 29.8 Å². The lowest BCUT2D eigenvalue weighted by atomic mass is 10.0. The molecule has 138 valence electrons. The Bertz CT molecular complexity index is 967. The molecule has 0 amide bonds. The second-order valence-corrected chi connectivity index (χ2v) is 7.23. The fraction of sp³-hybridized carbons (Fsp3) is 0.273. The normalized spacial score (nSPS) is 15.1. The number of pyridine rings is 1. The molecule has 4 rings (SSSR count). The Labute approximate surface area is 163 Å². The van der Waals surface area contributed by atoms with Crippen LogP contribution in [0.3, 0.4) is 0 Å². The van der Waals surface area contributed by atoms with E-state index in [-0.39, 0.29) is 11.9 Å². The van der Waals surface area contributed by atoms with Crippen LogP contribution in [-0.2, 0) is 0 Å². The van der Waals surface area contributed by atoms with E-state index in [4.69, 9.17) is 16.3 Å². The summed E-state index contributed by atoms with van der Waals surface area (Å²) in [4.78, 5) is 19.1. The van der Waals surface area contributed by atoms with Crippen LogP contribution in [0.2, 0.25) is 5.02 Å². The number of fused-ring (bicyclic) bond motifs is 1. The predicted octanol–water partition coefficient (Wildman–Crippen LogP) is 5.14. The van der Waals surface area contributed by atoms with Crippen molar-refractivity contribution in [3.8, 4) is 5.75 Å². The number of benzene rings is 2. The molecule has 4 nitrogen and oxygen atoms in total. The third-order valence-electron chi connectivity index (χ3n) is 5.00. The molecule has 0 radical (unpaired) electrons. The van der Waals surface area contributed by atoms with Crippen molar-refractivity contribution in [2.75, 3.05) is 18.0 Å². The molecule has 2 heterocycles. The number of halogens is 1. The van der Waals surface area contributed by atoms with E-state index in [9.17, 15) is 4.79 Å². The summed E-state index contributed by atoms with van der Waals surface area (Å²) in [7, 11) is 0. The van der Waals surface area contributed by atoms with Crippen molar-refractivity contribution in [1.29, 1.82) is 0 Å². The van der Waals surface area contributed by atoms with Crippen molar-refractivity contribution in [3.63, 3.8) is 0 Å². The zero-order valence-corrected chi connectivity index (χ0v) is 15.9. The minimum atomic E-state index is 0.00196. The second kappa shape index (κ2) is 7.57. The number of nitrogens with zero attached hydrogens (tertiary/aromatic N) is 2. The Balaban J connectivity index is 1.61. The minimum Gasteiger partial charge on any atom is -0.490 e. The maximum Gasteiger partial charge on any atom is 0.162 e. The van der Waals surface area contributed by atoms with Gasteiger partial charge >= 0.3 is 0 Å². The highest BCUT2D eigenvalue weighted by Gasteiger charge is 2.26. The summed E-state index contributed by atoms with van der Waals surface area (Å²) in [6.45, 7) is 3.20. The summed E-state index contributed by atoms with van der Waals surface area (Å²) >= 11 is 6.40. The Morgan fingerprint density at radius 3 is 2.59 bits per heavy atom. The summed E-state index contributed by atoms with van der Waals surface area (Å²) in [5, 5.41) is 1.44. The second-order valence-electron chi connectivity index (χ2n) is 6.83. The lowest BCUT2D eigenvalue weighted by Crippen LogP contribution is -2.39. The molecule has 2 aromatic carbocycles. The number of rotatable bonds is 4. The number of Topliss-reactive ketones (excluding diaryl/α,β-unsaturated/α-hetero) is 1. The fourth-order valence-electron chi connectivity index (χ4n) is 3.66. The molecular weight excluding hydrogens is 360 g/mol. The van der Waals surface area contributed by atoms with Crippen molar-refractivity contribution >= 4 is 34.0 Å². The highest BCUT2D eigenvalue weighted by molar-refractivity contribution is 6.36. The number of hydrogen-bond donors (Lipinski definition) is 0. The van der Waals surface area contributed by atoms with Gasteiger partial charge in [0, 0.05) is 43.1 Å². The standard InChI is InChI=1S/C22H21ClN2O2/c1-15(26)19-14-20(23)18-8-5-11-24-21(18)22(19)25-12-9-17(10-13-25)27-16-6-3-2-4-7-16/h2-8,11,14,17H,9-10,12-13H2,1H3. The summed E-state index contributed by atoms with van der Waals surface area (Å²) in [5.74, 6) is 0.904. The fourth-order valence-corrected chi connectivity index (χ4v) is 3.93. The number of hydrogen-bond acceptors (Lipinski definition) is 4. The highest BCUT2D eigenvalue weighted by atomic mass is 35.5. The molecule has 0 saturated carbocycles. The number of ether oxygens (including phenoxy) is 1. The van der Waals surface area contributed by atoms with Gasteiger partial charge in [0.05, 0.1) is 16.2 Å². The van der Waals surface area contributed by atoms with E-state index in [1.165, 1.54) is 0 Å². The van der Waals surface area contributed by atoms with Crippen LogP contribution in [0.1, 0.15) is 30.1 Å². The summed E-state index contributed by atoms with van der Waals surface area (Å²) in [6.07, 6.45) is 3.71. The van der Waals surface area contributed by atoms with Crippen molar-refractivity contribution in [2.24, 2.45) is 0 Å². The van der Waals surface area contributed by atoms with Gasteiger partial charge in [-0.05, 0) is 37.3 Å². The first-order valence-corrected chi connectivity index (χ1v) is 9.56. The average Bonchev–Trinajstić information content (AvgIpc) is 2.69. The molecule has 5 heteroatoms. The number of carbonyl (C=O) groups excluding carboxylic acids is 1. The van der Waals surface area contributed by atoms with Crippen LogP contribution in [0, 0.1) is 0 Å². The van der Waals surface area contributed by atoms with E-state index in [1.54, 1.807) is 19.2 Å². The molecule has 1 aliphatic heterocycles. The van der Waals surface area contributed by atoms with Gasteiger partial charge in [0.15, 0.2) is 5.78 Å². The van der Waals surface area contributed by atoms with Crippen LogP contribution in [0.5, 0.6) is 5.75 Å². The predicted molar refractivity (Wildman–Crippen MR) is 109 cm³/mol. The van der Waals surface area contributed by atoms with Crippen LogP contribution in [-0.4, -0.2) is 30.0 Å². The van der Waals surface area contributed by atoms with E-state index in [0.29, 0.717) is 10.6 Å². The van der Waals surface area contributed by atoms with E-state index >= 15 is 0 Å². The first-order chi connectivity index (χ1) is 13.1. The van der Waals surface area contributed by atoms with E-state index < -0.39 is 0 Å². The monoisotopic (exact) mass is 380 g/mol. The Morgan fingerprint density at radius 2 is 1.89 bits per heavy atom. The molecule has 0 spiro atoms. The molecule has 0 aliphatic carbocycles. The molecule has 1 aromatic heterocycles. The molecule has 1 saturated heterocycles. The van der Waals surface area contributed by atoms with Gasteiger partial charge in [-0.25, -0.2) is 0 Å². The van der Waals surface area contributed by atoms with Crippen molar-refractivity contribution in [1.82, 2.24) is 4.98 Å². The third kappa shape index (κ3) is 3.62. The molecule has 1 fully saturated rings. The lowest BCUT2D eigenvalue weighted by molar-refractivity contribution is 0.101. The van der Waals surface area contributed by atoms with Crippen LogP contribution < -0.4 is 9.64 Å². The Kier molecular flexibility index (Phi) is 4.99. The molecule has 0 bridgehead atoms. The van der Waals surface area contributed by atoms with Gasteiger partial charge in [0.2, 0.25) is 0 Å². The van der Waals surface area contributed by atoms with Crippen LogP contribution in [0.15, 0.2) is 54.7 Å². The maximum absolute atomic E-state index is 12.3. The first-order valence-electron chi connectivity index (χ1n) is 9.18. The largest absolute Gasteiger partial charge is 0.490 e. The maximum atomic E-state index is 12.3. The van der Waals surface area contributed by atoms with Crippen molar-refractivity contribution < 1.29 is 9.53 Å². The minimum absolute atomic E-state index is 0.00196. The van der Waals surface area contributed by atoms with Gasteiger partial charge < -0.3 is 9.64 Å². The number of carbonyl (C=O) groups is 1. The zero-order chi connectivity index (χ0) is 18.8. The number of anilines is 1. The SMILES string of the molecule is CC(=O)c1cc(Cl)c2cccnc2c1N1CCC(Oc2ccccc2)CC1. The smallest absolute Gasteiger partial charge is 0.162 e. The van der Waals surface area contributed by atoms with Crippen molar-refractivity contribution in [2.45, 2.75) is 25.9 Å². The van der Waals surface area contributed by atoms with Crippen LogP contribution >= 0.6 is 11.6 Å². The molecule has 0 N–H and O–H groups in total. The number of para-hydroxylation sites is 1. The van der Waals surface area contributed by atoms with Crippen LogP contribution in [0.4, 0.5) is 5.69 Å². The first kappa shape index (κ1) is 17.8. The summed E-state index contributed by atoms with van der Waals surface area (Å²) in [6, 6.07) is 15.5. The Hall–Kier alpha value is -2.59. The molecule has 0 unspecified atom stereocenters. The quantitative estimate of drug-likeness (QED) is 0.588. The summed E-state index contributed by atoms with van der Waals surface area (Å²) < 4.78 is 6.09. The third-order valence-corrected chi connectivity index (χ3v) is 5.31. The van der Waals surface area contributed by atoms with Crippen molar-refractivity contribution in [3.05, 3.63) is 65.3 Å².